The van der Waals surface area contributed by atoms with Crippen LogP contribution in [0.4, 0.5) is 11.4 Å². The summed E-state index contributed by atoms with van der Waals surface area (Å²) in [5.41, 5.74) is 7.10. The van der Waals surface area contributed by atoms with Crippen molar-refractivity contribution < 1.29 is 4.79 Å². The van der Waals surface area contributed by atoms with Gasteiger partial charge in [-0.05, 0) is 46.6 Å². The third-order valence-electron chi connectivity index (χ3n) is 3.35. The molecule has 0 aliphatic rings. The van der Waals surface area contributed by atoms with Crippen molar-refractivity contribution in [3.8, 4) is 0 Å². The molecule has 0 saturated carbocycles. The number of rotatable bonds is 7. The summed E-state index contributed by atoms with van der Waals surface area (Å²) < 4.78 is 0.802. The number of halogens is 1. The molecule has 20 heavy (non-hydrogen) atoms. The molecular formula is C15H24BrN3O. The fourth-order valence-corrected chi connectivity index (χ4v) is 2.40. The van der Waals surface area contributed by atoms with Gasteiger partial charge in [0.1, 0.15) is 0 Å². The van der Waals surface area contributed by atoms with Crippen molar-refractivity contribution in [3.63, 3.8) is 0 Å². The van der Waals surface area contributed by atoms with Crippen LogP contribution in [-0.2, 0) is 4.79 Å². The zero-order chi connectivity index (χ0) is 15.1. The summed E-state index contributed by atoms with van der Waals surface area (Å²) in [6, 6.07) is 5.37. The second kappa shape index (κ2) is 8.27. The zero-order valence-electron chi connectivity index (χ0n) is 12.4. The summed E-state index contributed by atoms with van der Waals surface area (Å²) in [4.78, 5) is 14.2. The van der Waals surface area contributed by atoms with Crippen molar-refractivity contribution in [2.45, 2.75) is 27.2 Å². The van der Waals surface area contributed by atoms with Crippen molar-refractivity contribution in [1.29, 1.82) is 0 Å². The van der Waals surface area contributed by atoms with Crippen LogP contribution in [0, 0.1) is 5.92 Å². The standard InChI is InChI=1S/C15H24BrN3O/c1-4-11(3)9-19(5-2)10-15(20)18-14-7-6-12(17)8-13(14)16/h6-8,11H,4-5,9-10,17H2,1-3H3,(H,18,20). The summed E-state index contributed by atoms with van der Waals surface area (Å²) >= 11 is 3.40. The van der Waals surface area contributed by atoms with Gasteiger partial charge < -0.3 is 11.1 Å². The number of nitrogens with one attached hydrogen (secondary N) is 1. The van der Waals surface area contributed by atoms with Gasteiger partial charge in [-0.3, -0.25) is 9.69 Å². The van der Waals surface area contributed by atoms with E-state index in [9.17, 15) is 4.79 Å². The van der Waals surface area contributed by atoms with Crippen molar-refractivity contribution in [2.75, 3.05) is 30.7 Å². The van der Waals surface area contributed by atoms with Gasteiger partial charge in [0, 0.05) is 16.7 Å². The van der Waals surface area contributed by atoms with Crippen molar-refractivity contribution in [3.05, 3.63) is 22.7 Å². The number of anilines is 2. The molecule has 112 valence electrons. The molecule has 0 heterocycles. The fraction of sp³-hybridized carbons (Fsp3) is 0.533. The third kappa shape index (κ3) is 5.51. The molecule has 0 radical (unpaired) electrons. The van der Waals surface area contributed by atoms with E-state index in [0.29, 0.717) is 18.2 Å². The first-order chi connectivity index (χ1) is 9.46. The number of nitrogens with zero attached hydrogens (tertiary/aromatic N) is 1. The van der Waals surface area contributed by atoms with Crippen LogP contribution in [0.2, 0.25) is 0 Å². The van der Waals surface area contributed by atoms with Crippen LogP contribution < -0.4 is 11.1 Å². The molecule has 1 aromatic carbocycles. The molecule has 1 atom stereocenters. The van der Waals surface area contributed by atoms with E-state index in [1.165, 1.54) is 0 Å². The summed E-state index contributed by atoms with van der Waals surface area (Å²) in [5, 5.41) is 2.91. The Morgan fingerprint density at radius 2 is 2.15 bits per heavy atom. The van der Waals surface area contributed by atoms with Crippen LogP contribution in [0.1, 0.15) is 27.2 Å². The predicted octanol–water partition coefficient (Wildman–Crippen LogP) is 3.34. The zero-order valence-corrected chi connectivity index (χ0v) is 14.0. The van der Waals surface area contributed by atoms with E-state index in [1.54, 1.807) is 12.1 Å². The molecule has 0 spiro atoms. The number of likely N-dealkylation sites (N-methyl/N-ethyl adjacent to an activating group) is 1. The first-order valence-electron chi connectivity index (χ1n) is 7.03. The summed E-state index contributed by atoms with van der Waals surface area (Å²) in [6.07, 6.45) is 1.13. The van der Waals surface area contributed by atoms with E-state index in [4.69, 9.17) is 5.73 Å². The van der Waals surface area contributed by atoms with E-state index in [1.807, 2.05) is 6.07 Å². The smallest absolute Gasteiger partial charge is 0.238 e. The van der Waals surface area contributed by atoms with Crippen LogP contribution in [0.15, 0.2) is 22.7 Å². The Hall–Kier alpha value is -1.07. The molecule has 0 aliphatic carbocycles. The number of amides is 1. The number of hydrogen-bond acceptors (Lipinski definition) is 3. The van der Waals surface area contributed by atoms with Gasteiger partial charge in [0.25, 0.3) is 0 Å². The van der Waals surface area contributed by atoms with Crippen LogP contribution in [0.3, 0.4) is 0 Å². The van der Waals surface area contributed by atoms with E-state index in [2.05, 4.69) is 46.9 Å². The van der Waals surface area contributed by atoms with Crippen molar-refractivity contribution in [2.24, 2.45) is 5.92 Å². The summed E-state index contributed by atoms with van der Waals surface area (Å²) in [5.74, 6) is 0.603. The second-order valence-corrected chi connectivity index (χ2v) is 5.98. The SMILES string of the molecule is CCC(C)CN(CC)CC(=O)Nc1ccc(N)cc1Br. The first kappa shape index (κ1) is 17.0. The fourth-order valence-electron chi connectivity index (χ4n) is 1.90. The minimum atomic E-state index is 0.000578. The molecule has 5 heteroatoms. The highest BCUT2D eigenvalue weighted by Gasteiger charge is 2.12. The average Bonchev–Trinajstić information content (AvgIpc) is 2.41. The molecule has 1 amide bonds. The van der Waals surface area contributed by atoms with Gasteiger partial charge in [-0.15, -0.1) is 0 Å². The van der Waals surface area contributed by atoms with Crippen LogP contribution in [0.25, 0.3) is 0 Å². The van der Waals surface area contributed by atoms with Gasteiger partial charge in [0.15, 0.2) is 0 Å². The lowest BCUT2D eigenvalue weighted by Gasteiger charge is -2.23. The van der Waals surface area contributed by atoms with E-state index in [0.717, 1.165) is 29.7 Å². The Labute approximate surface area is 129 Å². The van der Waals surface area contributed by atoms with Gasteiger partial charge >= 0.3 is 0 Å². The number of hydrogen-bond donors (Lipinski definition) is 2. The van der Waals surface area contributed by atoms with E-state index >= 15 is 0 Å². The Kier molecular flexibility index (Phi) is 7.02. The van der Waals surface area contributed by atoms with Gasteiger partial charge in [0.05, 0.1) is 12.2 Å². The first-order valence-corrected chi connectivity index (χ1v) is 7.82. The van der Waals surface area contributed by atoms with Gasteiger partial charge in [-0.1, -0.05) is 27.2 Å². The molecule has 1 rings (SSSR count). The molecule has 0 fully saturated rings. The van der Waals surface area contributed by atoms with Crippen molar-refractivity contribution >= 4 is 33.2 Å². The van der Waals surface area contributed by atoms with Crippen LogP contribution in [0.5, 0.6) is 0 Å². The van der Waals surface area contributed by atoms with Crippen LogP contribution in [-0.4, -0.2) is 30.4 Å². The molecule has 3 N–H and O–H groups in total. The normalized spacial score (nSPS) is 12.4. The monoisotopic (exact) mass is 341 g/mol. The maximum Gasteiger partial charge on any atom is 0.238 e. The topological polar surface area (TPSA) is 58.4 Å². The largest absolute Gasteiger partial charge is 0.399 e. The molecule has 1 unspecified atom stereocenters. The number of benzene rings is 1. The average molecular weight is 342 g/mol. The second-order valence-electron chi connectivity index (χ2n) is 5.13. The number of nitrogen functional groups attached to an aromatic ring is 1. The lowest BCUT2D eigenvalue weighted by atomic mass is 10.1. The van der Waals surface area contributed by atoms with Gasteiger partial charge in [0.2, 0.25) is 5.91 Å². The molecular weight excluding hydrogens is 318 g/mol. The highest BCUT2D eigenvalue weighted by Crippen LogP contribution is 2.24. The maximum absolute atomic E-state index is 12.1. The predicted molar refractivity (Wildman–Crippen MR) is 88.8 cm³/mol. The Morgan fingerprint density at radius 1 is 1.45 bits per heavy atom. The Balaban J connectivity index is 2.57. The van der Waals surface area contributed by atoms with E-state index in [-0.39, 0.29) is 5.91 Å². The Morgan fingerprint density at radius 3 is 2.70 bits per heavy atom. The van der Waals surface area contributed by atoms with Gasteiger partial charge in [-0.25, -0.2) is 0 Å². The molecule has 0 aliphatic heterocycles. The van der Waals surface area contributed by atoms with Crippen molar-refractivity contribution in [1.82, 2.24) is 4.90 Å². The molecule has 0 saturated heterocycles. The molecule has 0 bridgehead atoms. The third-order valence-corrected chi connectivity index (χ3v) is 4.00. The highest BCUT2D eigenvalue weighted by molar-refractivity contribution is 9.10. The highest BCUT2D eigenvalue weighted by atomic mass is 79.9. The lowest BCUT2D eigenvalue weighted by Crippen LogP contribution is -2.36. The maximum atomic E-state index is 12.1. The van der Waals surface area contributed by atoms with Gasteiger partial charge in [-0.2, -0.15) is 0 Å². The summed E-state index contributed by atoms with van der Waals surface area (Å²) in [6.45, 7) is 8.69. The number of carbonyl (C=O) groups is 1. The number of carbonyl (C=O) groups excluding carboxylic acids is 1. The Bertz CT molecular complexity index is 451. The number of nitrogens with two attached hydrogens (primary N) is 1. The van der Waals surface area contributed by atoms with Crippen LogP contribution >= 0.6 is 15.9 Å². The lowest BCUT2D eigenvalue weighted by molar-refractivity contribution is -0.117. The minimum Gasteiger partial charge on any atom is -0.399 e. The molecule has 0 aromatic heterocycles. The minimum absolute atomic E-state index is 0.000578. The van der Waals surface area contributed by atoms with E-state index < -0.39 is 0 Å². The quantitative estimate of drug-likeness (QED) is 0.747. The molecule has 1 aromatic rings. The summed E-state index contributed by atoms with van der Waals surface area (Å²) in [7, 11) is 0. The molecule has 4 nitrogen and oxygen atoms in total.